The molecule has 1 aliphatic rings. The van der Waals surface area contributed by atoms with Gasteiger partial charge in [0.1, 0.15) is 11.4 Å². The number of nitrogens with zero attached hydrogens (tertiary/aromatic N) is 2. The van der Waals surface area contributed by atoms with E-state index in [1.165, 1.54) is 11.1 Å². The predicted octanol–water partition coefficient (Wildman–Crippen LogP) is 6.49. The topological polar surface area (TPSA) is 59.0 Å². The minimum absolute atomic E-state index is 0.0703. The largest absolute Gasteiger partial charge is 0.363 e. The number of rotatable bonds is 7. The first-order chi connectivity index (χ1) is 16.2. The lowest BCUT2D eigenvalue weighted by Crippen LogP contribution is -2.45. The summed E-state index contributed by atoms with van der Waals surface area (Å²) in [7, 11) is 0. The predicted molar refractivity (Wildman–Crippen MR) is 139 cm³/mol. The molecular weight excluding hydrogens is 420 g/mol. The molecule has 0 bridgehead atoms. The molecule has 4 rings (SSSR count). The molecule has 1 amide bonds. The first kappa shape index (κ1) is 24.1. The van der Waals surface area contributed by atoms with Gasteiger partial charge in [-0.3, -0.25) is 4.79 Å². The molecule has 1 aliphatic heterocycles. The number of fused-ring (bicyclic) bond motifs is 1. The lowest BCUT2D eigenvalue weighted by molar-refractivity contribution is 0.0889. The van der Waals surface area contributed by atoms with E-state index in [0.29, 0.717) is 5.56 Å². The van der Waals surface area contributed by atoms with Gasteiger partial charge in [0.05, 0.1) is 22.8 Å². The zero-order chi connectivity index (χ0) is 24.5. The number of hydrogen-bond donors (Lipinski definition) is 2. The minimum atomic E-state index is -0.423. The molecule has 5 heteroatoms. The SMILES string of the molecule is CCc1ccc(C(CC)(CC)NC(=O)c2c(C)nn3c2N[C@@H](c2ccccc2)CC3(C)C)cc1. The van der Waals surface area contributed by atoms with Crippen molar-refractivity contribution in [2.75, 3.05) is 5.32 Å². The number of hydrogen-bond acceptors (Lipinski definition) is 3. The maximum atomic E-state index is 13.9. The number of aryl methyl sites for hydroxylation is 2. The summed E-state index contributed by atoms with van der Waals surface area (Å²) in [6, 6.07) is 19.2. The highest BCUT2D eigenvalue weighted by Crippen LogP contribution is 2.41. The first-order valence-corrected chi connectivity index (χ1v) is 12.6. The standard InChI is InChI=1S/C29H38N4O/c1-7-21-15-17-23(18-16-21)29(8-2,9-3)31-27(34)25-20(4)32-33-26(25)30-24(19-28(33,5)6)22-13-11-10-12-14-22/h10-18,24,30H,7-9,19H2,1-6H3,(H,31,34)/t24-/m1/s1. The monoisotopic (exact) mass is 458 g/mol. The molecule has 0 fully saturated rings. The van der Waals surface area contributed by atoms with Gasteiger partial charge in [0.25, 0.3) is 5.91 Å². The maximum Gasteiger partial charge on any atom is 0.257 e. The van der Waals surface area contributed by atoms with Gasteiger partial charge >= 0.3 is 0 Å². The van der Waals surface area contributed by atoms with Crippen LogP contribution < -0.4 is 10.6 Å². The summed E-state index contributed by atoms with van der Waals surface area (Å²) in [4.78, 5) is 13.9. The summed E-state index contributed by atoms with van der Waals surface area (Å²) < 4.78 is 2.01. The van der Waals surface area contributed by atoms with Crippen LogP contribution in [0.25, 0.3) is 0 Å². The average Bonchev–Trinajstić information content (AvgIpc) is 3.20. The Morgan fingerprint density at radius 2 is 1.74 bits per heavy atom. The van der Waals surface area contributed by atoms with Crippen molar-refractivity contribution in [3.8, 4) is 0 Å². The molecular formula is C29H38N4O. The van der Waals surface area contributed by atoms with Gasteiger partial charge in [-0.15, -0.1) is 0 Å². The molecule has 1 atom stereocenters. The van der Waals surface area contributed by atoms with Crippen LogP contribution in [0.3, 0.4) is 0 Å². The van der Waals surface area contributed by atoms with Crippen LogP contribution in [0.5, 0.6) is 0 Å². The van der Waals surface area contributed by atoms with Gasteiger partial charge in [-0.2, -0.15) is 5.10 Å². The zero-order valence-electron chi connectivity index (χ0n) is 21.4. The number of benzene rings is 2. The van der Waals surface area contributed by atoms with Crippen molar-refractivity contribution in [2.45, 2.75) is 84.3 Å². The lowest BCUT2D eigenvalue weighted by atomic mass is 9.83. The maximum absolute atomic E-state index is 13.9. The Morgan fingerprint density at radius 1 is 1.09 bits per heavy atom. The first-order valence-electron chi connectivity index (χ1n) is 12.6. The third-order valence-corrected chi connectivity index (χ3v) is 7.55. The molecule has 0 radical (unpaired) electrons. The van der Waals surface area contributed by atoms with E-state index in [2.05, 4.69) is 93.8 Å². The highest BCUT2D eigenvalue weighted by molar-refractivity contribution is 6.00. The zero-order valence-corrected chi connectivity index (χ0v) is 21.4. The highest BCUT2D eigenvalue weighted by atomic mass is 16.2. The number of nitrogens with one attached hydrogen (secondary N) is 2. The van der Waals surface area contributed by atoms with Gasteiger partial charge in [0, 0.05) is 0 Å². The van der Waals surface area contributed by atoms with Gasteiger partial charge < -0.3 is 10.6 Å². The summed E-state index contributed by atoms with van der Waals surface area (Å²) in [6.45, 7) is 12.8. The van der Waals surface area contributed by atoms with Crippen LogP contribution in [0.1, 0.15) is 92.7 Å². The van der Waals surface area contributed by atoms with Crippen LogP contribution in [0, 0.1) is 6.92 Å². The highest BCUT2D eigenvalue weighted by Gasteiger charge is 2.39. The van der Waals surface area contributed by atoms with Crippen molar-refractivity contribution >= 4 is 11.7 Å². The number of carbonyl (C=O) groups excluding carboxylic acids is 1. The van der Waals surface area contributed by atoms with Gasteiger partial charge in [-0.25, -0.2) is 4.68 Å². The van der Waals surface area contributed by atoms with Gasteiger partial charge in [0.2, 0.25) is 0 Å². The Bertz CT molecular complexity index is 1140. The second kappa shape index (κ2) is 9.28. The molecule has 2 aromatic carbocycles. The van der Waals surface area contributed by atoms with Crippen molar-refractivity contribution in [3.05, 3.63) is 82.5 Å². The van der Waals surface area contributed by atoms with E-state index >= 15 is 0 Å². The molecule has 0 spiro atoms. The summed E-state index contributed by atoms with van der Waals surface area (Å²) in [6.07, 6.45) is 3.52. The fourth-order valence-electron chi connectivity index (χ4n) is 5.31. The second-order valence-corrected chi connectivity index (χ2v) is 10.1. The van der Waals surface area contributed by atoms with Crippen LogP contribution in [-0.2, 0) is 17.5 Å². The minimum Gasteiger partial charge on any atom is -0.363 e. The molecule has 0 saturated carbocycles. The molecule has 0 aliphatic carbocycles. The molecule has 0 saturated heterocycles. The number of anilines is 1. The van der Waals surface area contributed by atoms with Crippen molar-refractivity contribution in [2.24, 2.45) is 0 Å². The van der Waals surface area contributed by atoms with E-state index in [1.807, 2.05) is 17.7 Å². The van der Waals surface area contributed by atoms with Crippen LogP contribution in [-0.4, -0.2) is 15.7 Å². The third kappa shape index (κ3) is 4.24. The van der Waals surface area contributed by atoms with E-state index < -0.39 is 5.54 Å². The quantitative estimate of drug-likeness (QED) is 0.425. The molecule has 0 unspecified atom stereocenters. The fraction of sp³-hybridized carbons (Fsp3) is 0.448. The van der Waals surface area contributed by atoms with Crippen molar-refractivity contribution in [3.63, 3.8) is 0 Å². The van der Waals surface area contributed by atoms with Crippen molar-refractivity contribution < 1.29 is 4.79 Å². The van der Waals surface area contributed by atoms with E-state index in [9.17, 15) is 4.79 Å². The summed E-state index contributed by atoms with van der Waals surface area (Å²) in [5.41, 5.74) is 4.43. The average molecular weight is 459 g/mol. The Labute approximate surface area is 204 Å². The molecule has 2 heterocycles. The van der Waals surface area contributed by atoms with E-state index in [-0.39, 0.29) is 17.5 Å². The molecule has 3 aromatic rings. The third-order valence-electron chi connectivity index (χ3n) is 7.55. The Hall–Kier alpha value is -3.08. The van der Waals surface area contributed by atoms with Crippen molar-refractivity contribution in [1.82, 2.24) is 15.1 Å². The van der Waals surface area contributed by atoms with Gasteiger partial charge in [-0.05, 0) is 63.1 Å². The van der Waals surface area contributed by atoms with Gasteiger partial charge in [0.15, 0.2) is 0 Å². The van der Waals surface area contributed by atoms with Gasteiger partial charge in [-0.1, -0.05) is 75.4 Å². The number of carbonyl (C=O) groups is 1. The number of aromatic nitrogens is 2. The lowest BCUT2D eigenvalue weighted by Gasteiger charge is -2.38. The smallest absolute Gasteiger partial charge is 0.257 e. The van der Waals surface area contributed by atoms with Crippen LogP contribution in [0.15, 0.2) is 54.6 Å². The van der Waals surface area contributed by atoms with Crippen molar-refractivity contribution in [1.29, 1.82) is 0 Å². The van der Waals surface area contributed by atoms with Crippen LogP contribution in [0.4, 0.5) is 5.82 Å². The Morgan fingerprint density at radius 3 is 2.32 bits per heavy atom. The summed E-state index contributed by atoms with van der Waals surface area (Å²) in [5, 5.41) is 11.9. The van der Waals surface area contributed by atoms with E-state index in [1.54, 1.807) is 0 Å². The summed E-state index contributed by atoms with van der Waals surface area (Å²) >= 11 is 0. The van der Waals surface area contributed by atoms with E-state index in [4.69, 9.17) is 5.10 Å². The van der Waals surface area contributed by atoms with Crippen LogP contribution >= 0.6 is 0 Å². The summed E-state index contributed by atoms with van der Waals surface area (Å²) in [5.74, 6) is 0.738. The van der Waals surface area contributed by atoms with E-state index in [0.717, 1.165) is 42.8 Å². The normalized spacial score (nSPS) is 17.1. The Balaban J connectivity index is 1.71. The molecule has 5 nitrogen and oxygen atoms in total. The fourth-order valence-corrected chi connectivity index (χ4v) is 5.31. The second-order valence-electron chi connectivity index (χ2n) is 10.1. The number of amides is 1. The molecule has 2 N–H and O–H groups in total. The molecule has 1 aromatic heterocycles. The Kier molecular flexibility index (Phi) is 6.57. The molecule has 180 valence electrons. The molecule has 34 heavy (non-hydrogen) atoms. The van der Waals surface area contributed by atoms with Crippen LogP contribution in [0.2, 0.25) is 0 Å².